The number of ether oxygens (including phenoxy) is 2. The molecule has 4 atom stereocenters. The van der Waals surface area contributed by atoms with Crippen molar-refractivity contribution in [3.8, 4) is 5.75 Å². The van der Waals surface area contributed by atoms with Crippen LogP contribution in [0.5, 0.6) is 5.75 Å². The summed E-state index contributed by atoms with van der Waals surface area (Å²) >= 11 is 0. The highest BCUT2D eigenvalue weighted by Crippen LogP contribution is 2.46. The molecule has 102 valence electrons. The van der Waals surface area contributed by atoms with Crippen LogP contribution in [-0.2, 0) is 14.3 Å². The number of rotatable bonds is 2. The predicted octanol–water partition coefficient (Wildman–Crippen LogP) is 1.14. The largest absolute Gasteiger partial charge is 0.497 e. The summed E-state index contributed by atoms with van der Waals surface area (Å²) in [6.45, 7) is 0. The van der Waals surface area contributed by atoms with Crippen molar-refractivity contribution in [3.05, 3.63) is 36.4 Å². The van der Waals surface area contributed by atoms with Gasteiger partial charge in [0, 0.05) is 6.07 Å². The first-order chi connectivity index (χ1) is 9.70. The lowest BCUT2D eigenvalue weighted by molar-refractivity contribution is -0.124. The van der Waals surface area contributed by atoms with Gasteiger partial charge >= 0.3 is 0 Å². The summed E-state index contributed by atoms with van der Waals surface area (Å²) in [7, 11) is 1.56. The van der Waals surface area contributed by atoms with Crippen molar-refractivity contribution in [2.24, 2.45) is 11.8 Å². The Hall–Kier alpha value is -2.14. The van der Waals surface area contributed by atoms with Crippen molar-refractivity contribution in [1.82, 2.24) is 0 Å². The average Bonchev–Trinajstić information content (AvgIpc) is 3.13. The van der Waals surface area contributed by atoms with Crippen molar-refractivity contribution in [3.63, 3.8) is 0 Å². The molecule has 0 spiro atoms. The quantitative estimate of drug-likeness (QED) is 0.598. The first-order valence-electron chi connectivity index (χ1n) is 6.56. The molecule has 0 aliphatic carbocycles. The summed E-state index contributed by atoms with van der Waals surface area (Å²) in [5.74, 6) is -0.472. The van der Waals surface area contributed by atoms with Gasteiger partial charge in [-0.15, -0.1) is 0 Å². The second kappa shape index (κ2) is 3.93. The Morgan fingerprint density at radius 2 is 1.75 bits per heavy atom. The second-order valence-corrected chi connectivity index (χ2v) is 5.22. The van der Waals surface area contributed by atoms with Crippen LogP contribution in [0.1, 0.15) is 0 Å². The first-order valence-corrected chi connectivity index (χ1v) is 6.56. The fourth-order valence-electron chi connectivity index (χ4n) is 3.31. The highest BCUT2D eigenvalue weighted by Gasteiger charge is 2.60. The molecule has 0 radical (unpaired) electrons. The molecular formula is C15H13NO4. The van der Waals surface area contributed by atoms with Gasteiger partial charge in [0.1, 0.15) is 5.75 Å². The third-order valence-corrected chi connectivity index (χ3v) is 4.22. The van der Waals surface area contributed by atoms with Crippen LogP contribution < -0.4 is 9.64 Å². The smallest absolute Gasteiger partial charge is 0.240 e. The van der Waals surface area contributed by atoms with Gasteiger partial charge in [0.05, 0.1) is 36.8 Å². The fourth-order valence-corrected chi connectivity index (χ4v) is 3.31. The molecule has 0 unspecified atom stereocenters. The van der Waals surface area contributed by atoms with Crippen LogP contribution in [-0.4, -0.2) is 31.1 Å². The maximum atomic E-state index is 12.5. The van der Waals surface area contributed by atoms with Gasteiger partial charge in [-0.25, -0.2) is 4.90 Å². The molecule has 4 rings (SSSR count). The van der Waals surface area contributed by atoms with E-state index in [0.29, 0.717) is 11.4 Å². The van der Waals surface area contributed by atoms with Crippen LogP contribution in [0.3, 0.4) is 0 Å². The first kappa shape index (κ1) is 11.7. The van der Waals surface area contributed by atoms with Crippen LogP contribution in [0.4, 0.5) is 5.69 Å². The van der Waals surface area contributed by atoms with Gasteiger partial charge in [-0.05, 0) is 12.1 Å². The standard InChI is InChI=1S/C15H13NO4/c1-19-9-4-2-3-8(7-9)16-14(17)12-10-5-6-11(20-10)13(12)15(16)18/h2-7,10-13H,1H3/t10-,11+,12+,13-. The minimum Gasteiger partial charge on any atom is -0.497 e. The number of hydrogen-bond acceptors (Lipinski definition) is 4. The minimum atomic E-state index is -0.372. The Morgan fingerprint density at radius 1 is 1.10 bits per heavy atom. The Bertz CT molecular complexity index is 609. The van der Waals surface area contributed by atoms with Crippen LogP contribution >= 0.6 is 0 Å². The van der Waals surface area contributed by atoms with Crippen LogP contribution in [0.2, 0.25) is 0 Å². The summed E-state index contributed by atoms with van der Waals surface area (Å²) in [4.78, 5) is 26.3. The van der Waals surface area contributed by atoms with Gasteiger partial charge in [-0.3, -0.25) is 9.59 Å². The molecule has 0 saturated carbocycles. The molecule has 5 heteroatoms. The van der Waals surface area contributed by atoms with E-state index < -0.39 is 0 Å². The number of hydrogen-bond donors (Lipinski definition) is 0. The maximum Gasteiger partial charge on any atom is 0.240 e. The van der Waals surface area contributed by atoms with Crippen molar-refractivity contribution in [2.75, 3.05) is 12.0 Å². The number of anilines is 1. The maximum absolute atomic E-state index is 12.5. The van der Waals surface area contributed by atoms with Gasteiger partial charge in [0.15, 0.2) is 0 Å². The molecule has 2 bridgehead atoms. The number of methoxy groups -OCH3 is 1. The van der Waals surface area contributed by atoms with Gasteiger partial charge in [0.2, 0.25) is 11.8 Å². The zero-order valence-electron chi connectivity index (χ0n) is 10.9. The lowest BCUT2D eigenvalue weighted by Gasteiger charge is -2.18. The van der Waals surface area contributed by atoms with E-state index in [1.165, 1.54) is 4.90 Å². The number of fused-ring (bicyclic) bond motifs is 5. The average molecular weight is 271 g/mol. The summed E-state index contributed by atoms with van der Waals surface area (Å²) in [6, 6.07) is 7.00. The SMILES string of the molecule is COc1cccc(N2C(=O)[C@@H]3[C@H](C2=O)[C@@H]2C=C[C@H]3O2)c1. The van der Waals surface area contributed by atoms with Gasteiger partial charge < -0.3 is 9.47 Å². The molecule has 1 aromatic rings. The molecule has 0 N–H and O–H groups in total. The fraction of sp³-hybridized carbons (Fsp3) is 0.333. The lowest BCUT2D eigenvalue weighted by Crippen LogP contribution is -2.34. The molecule has 3 heterocycles. The lowest BCUT2D eigenvalue weighted by atomic mass is 9.85. The van der Waals surface area contributed by atoms with Gasteiger partial charge in [-0.2, -0.15) is 0 Å². The Labute approximate surface area is 115 Å². The topological polar surface area (TPSA) is 55.8 Å². The van der Waals surface area contributed by atoms with E-state index in [2.05, 4.69) is 0 Å². The van der Waals surface area contributed by atoms with Crippen molar-refractivity contribution < 1.29 is 19.1 Å². The molecule has 5 nitrogen and oxygen atoms in total. The van der Waals surface area contributed by atoms with E-state index in [1.54, 1.807) is 31.4 Å². The van der Waals surface area contributed by atoms with Crippen LogP contribution in [0, 0.1) is 11.8 Å². The molecule has 0 aromatic heterocycles. The van der Waals surface area contributed by atoms with E-state index in [1.807, 2.05) is 12.2 Å². The van der Waals surface area contributed by atoms with Crippen LogP contribution in [0.25, 0.3) is 0 Å². The Balaban J connectivity index is 1.74. The third kappa shape index (κ3) is 1.35. The zero-order valence-corrected chi connectivity index (χ0v) is 10.9. The number of carbonyl (C=O) groups is 2. The highest BCUT2D eigenvalue weighted by atomic mass is 16.5. The summed E-state index contributed by atoms with van der Waals surface area (Å²) in [6.07, 6.45) is 3.26. The molecule has 2 fully saturated rings. The summed E-state index contributed by atoms with van der Waals surface area (Å²) < 4.78 is 10.8. The molecule has 2 amide bonds. The van der Waals surface area contributed by atoms with Crippen molar-refractivity contribution in [2.45, 2.75) is 12.2 Å². The monoisotopic (exact) mass is 271 g/mol. The summed E-state index contributed by atoms with van der Waals surface area (Å²) in [5, 5.41) is 0. The highest BCUT2D eigenvalue weighted by molar-refractivity contribution is 6.23. The van der Waals surface area contributed by atoms with E-state index in [0.717, 1.165) is 0 Å². The van der Waals surface area contributed by atoms with E-state index in [9.17, 15) is 9.59 Å². The van der Waals surface area contributed by atoms with Crippen molar-refractivity contribution >= 4 is 17.5 Å². The number of nitrogens with zero attached hydrogens (tertiary/aromatic N) is 1. The van der Waals surface area contributed by atoms with Gasteiger partial charge in [-0.1, -0.05) is 18.2 Å². The number of benzene rings is 1. The molecule has 1 aromatic carbocycles. The van der Waals surface area contributed by atoms with Gasteiger partial charge in [0.25, 0.3) is 0 Å². The number of amides is 2. The summed E-state index contributed by atoms with van der Waals surface area (Å²) in [5.41, 5.74) is 0.563. The molecule has 20 heavy (non-hydrogen) atoms. The second-order valence-electron chi connectivity index (χ2n) is 5.22. The minimum absolute atomic E-state index is 0.176. The van der Waals surface area contributed by atoms with E-state index >= 15 is 0 Å². The Morgan fingerprint density at radius 3 is 2.35 bits per heavy atom. The predicted molar refractivity (Wildman–Crippen MR) is 70.3 cm³/mol. The molecular weight excluding hydrogens is 258 g/mol. The molecule has 3 aliphatic heterocycles. The molecule has 3 aliphatic rings. The van der Waals surface area contributed by atoms with E-state index in [-0.39, 0.29) is 35.9 Å². The third-order valence-electron chi connectivity index (χ3n) is 4.22. The number of carbonyl (C=O) groups excluding carboxylic acids is 2. The van der Waals surface area contributed by atoms with Crippen molar-refractivity contribution in [1.29, 1.82) is 0 Å². The normalized spacial score (nSPS) is 34.0. The van der Waals surface area contributed by atoms with E-state index in [4.69, 9.17) is 9.47 Å². The molecule has 2 saturated heterocycles. The Kier molecular flexibility index (Phi) is 2.29. The van der Waals surface area contributed by atoms with Crippen LogP contribution in [0.15, 0.2) is 36.4 Å². The number of imide groups is 1. The zero-order chi connectivity index (χ0) is 13.9.